The zero-order valence-corrected chi connectivity index (χ0v) is 5.23. The summed E-state index contributed by atoms with van der Waals surface area (Å²) in [4.78, 5) is 7.52. The molecule has 1 heterocycles. The second-order valence-corrected chi connectivity index (χ2v) is 1.64. The summed E-state index contributed by atoms with van der Waals surface area (Å²) in [5, 5.41) is 8.96. The maximum Gasteiger partial charge on any atom is 0.158 e. The van der Waals surface area contributed by atoms with E-state index in [1.165, 1.54) is 18.6 Å². The molecule has 0 radical (unpaired) electrons. The predicted molar refractivity (Wildman–Crippen MR) is 36.8 cm³/mol. The third-order valence-electron chi connectivity index (χ3n) is 0.983. The maximum atomic E-state index is 8.96. The summed E-state index contributed by atoms with van der Waals surface area (Å²) < 4.78 is 0. The van der Waals surface area contributed by atoms with Gasteiger partial charge in [0.15, 0.2) is 5.76 Å². The highest BCUT2D eigenvalue weighted by Gasteiger charge is 1.95. The van der Waals surface area contributed by atoms with Crippen molar-refractivity contribution < 1.29 is 5.11 Å². The standard InChI is InChI=1S/C6H7N3O/c7-3-6(10)5-4-8-1-2-9-5/h1-4,10H,7H2/b6-3+. The number of hydrogen-bond donors (Lipinski definition) is 2. The van der Waals surface area contributed by atoms with Crippen LogP contribution >= 0.6 is 0 Å². The Balaban J connectivity index is 2.96. The smallest absolute Gasteiger partial charge is 0.158 e. The molecule has 0 aromatic carbocycles. The van der Waals surface area contributed by atoms with Crippen molar-refractivity contribution >= 4 is 5.76 Å². The summed E-state index contributed by atoms with van der Waals surface area (Å²) in [5.41, 5.74) is 5.40. The number of aromatic nitrogens is 2. The van der Waals surface area contributed by atoms with Crippen LogP contribution < -0.4 is 5.73 Å². The molecule has 0 bridgehead atoms. The Morgan fingerprint density at radius 2 is 2.40 bits per heavy atom. The van der Waals surface area contributed by atoms with Crippen LogP contribution in [0.1, 0.15) is 5.69 Å². The zero-order chi connectivity index (χ0) is 7.40. The lowest BCUT2D eigenvalue weighted by Gasteiger charge is -1.93. The number of aliphatic hydroxyl groups is 1. The van der Waals surface area contributed by atoms with Crippen LogP contribution in [0.25, 0.3) is 5.76 Å². The van der Waals surface area contributed by atoms with Gasteiger partial charge in [-0.25, -0.2) is 4.98 Å². The third-order valence-corrected chi connectivity index (χ3v) is 0.983. The Morgan fingerprint density at radius 3 is 2.90 bits per heavy atom. The molecule has 1 rings (SSSR count). The van der Waals surface area contributed by atoms with Crippen molar-refractivity contribution in [1.82, 2.24) is 9.97 Å². The van der Waals surface area contributed by atoms with E-state index in [-0.39, 0.29) is 5.76 Å². The molecule has 4 heteroatoms. The van der Waals surface area contributed by atoms with E-state index in [2.05, 4.69) is 9.97 Å². The molecule has 52 valence electrons. The molecule has 0 aliphatic heterocycles. The Labute approximate surface area is 58.0 Å². The highest BCUT2D eigenvalue weighted by atomic mass is 16.3. The fourth-order valence-corrected chi connectivity index (χ4v) is 0.517. The van der Waals surface area contributed by atoms with Gasteiger partial charge in [-0.1, -0.05) is 0 Å². The minimum Gasteiger partial charge on any atom is -0.504 e. The monoisotopic (exact) mass is 137 g/mol. The molecule has 0 fully saturated rings. The lowest BCUT2D eigenvalue weighted by Crippen LogP contribution is -1.91. The zero-order valence-electron chi connectivity index (χ0n) is 5.23. The van der Waals surface area contributed by atoms with Crippen LogP contribution in [0.5, 0.6) is 0 Å². The molecule has 1 aromatic heterocycles. The van der Waals surface area contributed by atoms with E-state index in [0.717, 1.165) is 6.20 Å². The lowest BCUT2D eigenvalue weighted by atomic mass is 10.4. The highest BCUT2D eigenvalue weighted by Crippen LogP contribution is 2.01. The number of aliphatic hydroxyl groups excluding tert-OH is 1. The third kappa shape index (κ3) is 1.22. The second kappa shape index (κ2) is 2.82. The highest BCUT2D eigenvalue weighted by molar-refractivity contribution is 5.52. The van der Waals surface area contributed by atoms with Gasteiger partial charge in [0.25, 0.3) is 0 Å². The average molecular weight is 137 g/mol. The first-order valence-corrected chi connectivity index (χ1v) is 2.72. The fourth-order valence-electron chi connectivity index (χ4n) is 0.517. The molecule has 0 saturated heterocycles. The molecule has 0 saturated carbocycles. The average Bonchev–Trinajstić information content (AvgIpc) is 2.05. The first kappa shape index (κ1) is 6.54. The first-order chi connectivity index (χ1) is 4.84. The van der Waals surface area contributed by atoms with Crippen molar-refractivity contribution in [2.24, 2.45) is 5.73 Å². The Morgan fingerprint density at radius 1 is 1.60 bits per heavy atom. The first-order valence-electron chi connectivity index (χ1n) is 2.72. The van der Waals surface area contributed by atoms with Crippen molar-refractivity contribution in [2.45, 2.75) is 0 Å². The minimum absolute atomic E-state index is 0.0619. The van der Waals surface area contributed by atoms with Crippen LogP contribution in [0.4, 0.5) is 0 Å². The van der Waals surface area contributed by atoms with Crippen molar-refractivity contribution in [3.05, 3.63) is 30.5 Å². The molecule has 0 aliphatic carbocycles. The van der Waals surface area contributed by atoms with E-state index in [1.54, 1.807) is 0 Å². The number of hydrogen-bond acceptors (Lipinski definition) is 4. The lowest BCUT2D eigenvalue weighted by molar-refractivity contribution is 0.506. The van der Waals surface area contributed by atoms with E-state index >= 15 is 0 Å². The van der Waals surface area contributed by atoms with Crippen LogP contribution in [-0.4, -0.2) is 15.1 Å². The number of nitrogens with two attached hydrogens (primary N) is 1. The number of nitrogens with zero attached hydrogens (tertiary/aromatic N) is 2. The van der Waals surface area contributed by atoms with Gasteiger partial charge < -0.3 is 10.8 Å². The fraction of sp³-hybridized carbons (Fsp3) is 0. The molecule has 1 aromatic rings. The van der Waals surface area contributed by atoms with Crippen molar-refractivity contribution in [1.29, 1.82) is 0 Å². The van der Waals surface area contributed by atoms with Crippen LogP contribution in [0.3, 0.4) is 0 Å². The van der Waals surface area contributed by atoms with Gasteiger partial charge in [-0.3, -0.25) is 4.98 Å². The van der Waals surface area contributed by atoms with Gasteiger partial charge in [-0.05, 0) is 0 Å². The normalized spacial score (nSPS) is 11.4. The summed E-state index contributed by atoms with van der Waals surface area (Å²) in [5.74, 6) is -0.0619. The van der Waals surface area contributed by atoms with Crippen LogP contribution in [0, 0.1) is 0 Å². The van der Waals surface area contributed by atoms with Gasteiger partial charge in [0.1, 0.15) is 5.69 Å². The molecule has 4 nitrogen and oxygen atoms in total. The Bertz CT molecular complexity index is 232. The van der Waals surface area contributed by atoms with Gasteiger partial charge in [-0.15, -0.1) is 0 Å². The SMILES string of the molecule is N/C=C(/O)c1cnccn1. The van der Waals surface area contributed by atoms with E-state index in [4.69, 9.17) is 10.8 Å². The molecule has 10 heavy (non-hydrogen) atoms. The molecular formula is C6H7N3O. The number of rotatable bonds is 1. The summed E-state index contributed by atoms with van der Waals surface area (Å²) in [7, 11) is 0. The molecular weight excluding hydrogens is 130 g/mol. The van der Waals surface area contributed by atoms with Crippen LogP contribution in [-0.2, 0) is 0 Å². The van der Waals surface area contributed by atoms with Gasteiger partial charge in [0.2, 0.25) is 0 Å². The molecule has 0 atom stereocenters. The van der Waals surface area contributed by atoms with E-state index < -0.39 is 0 Å². The van der Waals surface area contributed by atoms with Crippen molar-refractivity contribution in [3.63, 3.8) is 0 Å². The second-order valence-electron chi connectivity index (χ2n) is 1.64. The van der Waals surface area contributed by atoms with Crippen LogP contribution in [0.2, 0.25) is 0 Å². The minimum atomic E-state index is -0.0619. The quantitative estimate of drug-likeness (QED) is 0.546. The summed E-state index contributed by atoms with van der Waals surface area (Å²) in [6, 6.07) is 0. The van der Waals surface area contributed by atoms with E-state index in [9.17, 15) is 0 Å². The van der Waals surface area contributed by atoms with Gasteiger partial charge >= 0.3 is 0 Å². The summed E-state index contributed by atoms with van der Waals surface area (Å²) in [6.07, 6.45) is 5.51. The topological polar surface area (TPSA) is 72.0 Å². The van der Waals surface area contributed by atoms with E-state index in [0.29, 0.717) is 5.69 Å². The summed E-state index contributed by atoms with van der Waals surface area (Å²) >= 11 is 0. The molecule has 0 amide bonds. The van der Waals surface area contributed by atoms with Gasteiger partial charge in [0.05, 0.1) is 6.20 Å². The molecule has 0 aliphatic rings. The van der Waals surface area contributed by atoms with Crippen molar-refractivity contribution in [3.8, 4) is 0 Å². The predicted octanol–water partition coefficient (Wildman–Crippen LogP) is 0.292. The van der Waals surface area contributed by atoms with E-state index in [1.807, 2.05) is 0 Å². The molecule has 3 N–H and O–H groups in total. The van der Waals surface area contributed by atoms with Crippen molar-refractivity contribution in [2.75, 3.05) is 0 Å². The summed E-state index contributed by atoms with van der Waals surface area (Å²) in [6.45, 7) is 0. The molecule has 0 spiro atoms. The van der Waals surface area contributed by atoms with Crippen LogP contribution in [0.15, 0.2) is 24.8 Å². The van der Waals surface area contributed by atoms with Gasteiger partial charge in [-0.2, -0.15) is 0 Å². The van der Waals surface area contributed by atoms with Gasteiger partial charge in [0, 0.05) is 18.6 Å². The largest absolute Gasteiger partial charge is 0.504 e. The molecule has 0 unspecified atom stereocenters. The Kier molecular flexibility index (Phi) is 1.84. The maximum absolute atomic E-state index is 8.96. The Hall–Kier alpha value is -1.58.